The van der Waals surface area contributed by atoms with Gasteiger partial charge in [-0.25, -0.2) is 8.78 Å². The van der Waals surface area contributed by atoms with Gasteiger partial charge in [-0.05, 0) is 49.1 Å². The van der Waals surface area contributed by atoms with Gasteiger partial charge >= 0.3 is 0 Å². The van der Waals surface area contributed by atoms with Crippen molar-refractivity contribution < 1.29 is 8.78 Å². The van der Waals surface area contributed by atoms with Gasteiger partial charge in [-0.15, -0.1) is 0 Å². The number of rotatable bonds is 4. The van der Waals surface area contributed by atoms with Crippen molar-refractivity contribution in [3.63, 3.8) is 0 Å². The molecular formula is C19H22F2N4S. The molecule has 3 rings (SSSR count). The first-order chi connectivity index (χ1) is 12.5. The molecule has 1 aliphatic rings. The number of benzene rings is 2. The van der Waals surface area contributed by atoms with Crippen LogP contribution < -0.4 is 15.5 Å². The topological polar surface area (TPSA) is 30.5 Å². The number of anilines is 2. The highest BCUT2D eigenvalue weighted by Crippen LogP contribution is 2.19. The first-order valence-electron chi connectivity index (χ1n) is 8.54. The first kappa shape index (κ1) is 18.5. The quantitative estimate of drug-likeness (QED) is 0.801. The number of hydrogen-bond acceptors (Lipinski definition) is 3. The van der Waals surface area contributed by atoms with E-state index in [4.69, 9.17) is 12.2 Å². The van der Waals surface area contributed by atoms with Crippen molar-refractivity contribution in [3.05, 3.63) is 59.7 Å². The smallest absolute Gasteiger partial charge is 0.171 e. The average Bonchev–Trinajstić information content (AvgIpc) is 2.64. The van der Waals surface area contributed by atoms with Crippen LogP contribution in [0, 0.1) is 11.6 Å². The molecule has 2 aromatic carbocycles. The lowest BCUT2D eigenvalue weighted by Crippen LogP contribution is -2.44. The molecule has 0 bridgehead atoms. The summed E-state index contributed by atoms with van der Waals surface area (Å²) in [5.41, 5.74) is 2.01. The Labute approximate surface area is 157 Å². The van der Waals surface area contributed by atoms with Gasteiger partial charge in [-0.3, -0.25) is 0 Å². The normalized spacial score (nSPS) is 15.0. The molecule has 0 spiro atoms. The van der Waals surface area contributed by atoms with E-state index in [2.05, 4.69) is 39.6 Å². The average molecular weight is 376 g/mol. The highest BCUT2D eigenvalue weighted by molar-refractivity contribution is 7.80. The molecule has 0 aliphatic carbocycles. The van der Waals surface area contributed by atoms with Crippen LogP contribution in [-0.2, 0) is 6.54 Å². The van der Waals surface area contributed by atoms with Gasteiger partial charge < -0.3 is 20.4 Å². The molecule has 0 atom stereocenters. The van der Waals surface area contributed by atoms with Crippen LogP contribution in [0.5, 0.6) is 0 Å². The van der Waals surface area contributed by atoms with Crippen LogP contribution in [0.1, 0.15) is 5.56 Å². The Morgan fingerprint density at radius 2 is 1.62 bits per heavy atom. The zero-order valence-electron chi connectivity index (χ0n) is 14.6. The molecule has 1 fully saturated rings. The van der Waals surface area contributed by atoms with Gasteiger partial charge in [0.15, 0.2) is 5.11 Å². The molecule has 1 aliphatic heterocycles. The Kier molecular flexibility index (Phi) is 6.00. The van der Waals surface area contributed by atoms with Crippen molar-refractivity contribution in [3.8, 4) is 0 Å². The van der Waals surface area contributed by atoms with Crippen molar-refractivity contribution in [1.29, 1.82) is 0 Å². The second-order valence-corrected chi connectivity index (χ2v) is 6.77. The number of nitrogens with one attached hydrogen (secondary N) is 2. The van der Waals surface area contributed by atoms with Gasteiger partial charge in [-0.2, -0.15) is 0 Å². The standard InChI is InChI=1S/C19H22F2N4S/c1-24-9-11-25(12-10-24)15-7-5-14(6-8-15)13-22-19(26)23-18-16(20)3-2-4-17(18)21/h2-8H,9-13H2,1H3,(H2,22,23,26). The lowest BCUT2D eigenvalue weighted by molar-refractivity contribution is 0.313. The molecule has 0 aromatic heterocycles. The maximum atomic E-state index is 13.6. The number of para-hydroxylation sites is 1. The second kappa shape index (κ2) is 8.42. The van der Waals surface area contributed by atoms with Gasteiger partial charge in [0.25, 0.3) is 0 Å². The van der Waals surface area contributed by atoms with E-state index in [1.807, 2.05) is 12.1 Å². The van der Waals surface area contributed by atoms with Gasteiger partial charge in [0.05, 0.1) is 0 Å². The number of hydrogen-bond donors (Lipinski definition) is 2. The number of halogens is 2. The number of piperazine rings is 1. The van der Waals surface area contributed by atoms with Crippen LogP contribution in [0.4, 0.5) is 20.2 Å². The fraction of sp³-hybridized carbons (Fsp3) is 0.316. The summed E-state index contributed by atoms with van der Waals surface area (Å²) in [7, 11) is 2.14. The van der Waals surface area contributed by atoms with Crippen LogP contribution in [0.2, 0.25) is 0 Å². The van der Waals surface area contributed by atoms with Crippen LogP contribution in [-0.4, -0.2) is 43.2 Å². The Balaban J connectivity index is 1.52. The predicted molar refractivity (Wildman–Crippen MR) is 106 cm³/mol. The molecule has 138 valence electrons. The fourth-order valence-corrected chi connectivity index (χ4v) is 3.02. The molecule has 2 N–H and O–H groups in total. The van der Waals surface area contributed by atoms with E-state index in [1.165, 1.54) is 23.9 Å². The van der Waals surface area contributed by atoms with Crippen molar-refractivity contribution in [2.75, 3.05) is 43.4 Å². The maximum absolute atomic E-state index is 13.6. The lowest BCUT2D eigenvalue weighted by atomic mass is 10.2. The zero-order chi connectivity index (χ0) is 18.5. The molecule has 0 saturated carbocycles. The van der Waals surface area contributed by atoms with E-state index in [0.717, 1.165) is 31.7 Å². The van der Waals surface area contributed by atoms with Crippen molar-refractivity contribution in [1.82, 2.24) is 10.2 Å². The highest BCUT2D eigenvalue weighted by atomic mass is 32.1. The minimum atomic E-state index is -0.675. The maximum Gasteiger partial charge on any atom is 0.171 e. The Morgan fingerprint density at radius 1 is 1.00 bits per heavy atom. The highest BCUT2D eigenvalue weighted by Gasteiger charge is 2.14. The minimum absolute atomic E-state index is 0.178. The predicted octanol–water partition coefficient (Wildman–Crippen LogP) is 3.20. The van der Waals surface area contributed by atoms with E-state index >= 15 is 0 Å². The van der Waals surface area contributed by atoms with Crippen molar-refractivity contribution >= 4 is 28.7 Å². The monoisotopic (exact) mass is 376 g/mol. The number of thiocarbonyl (C=S) groups is 1. The lowest BCUT2D eigenvalue weighted by Gasteiger charge is -2.34. The summed E-state index contributed by atoms with van der Waals surface area (Å²) < 4.78 is 27.2. The van der Waals surface area contributed by atoms with E-state index in [-0.39, 0.29) is 10.8 Å². The summed E-state index contributed by atoms with van der Waals surface area (Å²) in [5.74, 6) is -1.35. The summed E-state index contributed by atoms with van der Waals surface area (Å²) in [5, 5.41) is 5.72. The minimum Gasteiger partial charge on any atom is -0.369 e. The third-order valence-electron chi connectivity index (χ3n) is 4.46. The number of likely N-dealkylation sites (N-methyl/N-ethyl adjacent to an activating group) is 1. The summed E-state index contributed by atoms with van der Waals surface area (Å²) >= 11 is 5.13. The molecule has 2 aromatic rings. The summed E-state index contributed by atoms with van der Waals surface area (Å²) in [6.45, 7) is 4.66. The van der Waals surface area contributed by atoms with Crippen LogP contribution in [0.15, 0.2) is 42.5 Å². The Morgan fingerprint density at radius 3 is 2.23 bits per heavy atom. The number of nitrogens with zero attached hydrogens (tertiary/aromatic N) is 2. The third-order valence-corrected chi connectivity index (χ3v) is 4.71. The molecule has 1 heterocycles. The van der Waals surface area contributed by atoms with E-state index in [1.54, 1.807) is 0 Å². The third kappa shape index (κ3) is 4.68. The summed E-state index contributed by atoms with van der Waals surface area (Å²) in [6, 6.07) is 11.9. The van der Waals surface area contributed by atoms with Crippen molar-refractivity contribution in [2.45, 2.75) is 6.54 Å². The Hall–Kier alpha value is -2.25. The summed E-state index contributed by atoms with van der Waals surface area (Å²) in [6.07, 6.45) is 0. The van der Waals surface area contributed by atoms with Gasteiger partial charge in [0.1, 0.15) is 17.3 Å². The largest absolute Gasteiger partial charge is 0.369 e. The van der Waals surface area contributed by atoms with Crippen LogP contribution in [0.25, 0.3) is 0 Å². The Bertz CT molecular complexity index is 738. The van der Waals surface area contributed by atoms with Crippen LogP contribution in [0.3, 0.4) is 0 Å². The molecule has 1 saturated heterocycles. The SMILES string of the molecule is CN1CCN(c2ccc(CNC(=S)Nc3c(F)cccc3F)cc2)CC1. The van der Waals surface area contributed by atoms with Gasteiger partial charge in [-0.1, -0.05) is 18.2 Å². The van der Waals surface area contributed by atoms with Gasteiger partial charge in [0.2, 0.25) is 0 Å². The first-order valence-corrected chi connectivity index (χ1v) is 8.95. The molecule has 7 heteroatoms. The molecule has 4 nitrogen and oxygen atoms in total. The van der Waals surface area contributed by atoms with E-state index in [0.29, 0.717) is 6.54 Å². The van der Waals surface area contributed by atoms with Gasteiger partial charge in [0, 0.05) is 38.4 Å². The van der Waals surface area contributed by atoms with E-state index < -0.39 is 11.6 Å². The fourth-order valence-electron chi connectivity index (χ4n) is 2.85. The molecule has 0 amide bonds. The van der Waals surface area contributed by atoms with Crippen molar-refractivity contribution in [2.24, 2.45) is 0 Å². The molecule has 0 radical (unpaired) electrons. The molecular weight excluding hydrogens is 354 g/mol. The summed E-state index contributed by atoms with van der Waals surface area (Å²) in [4.78, 5) is 4.69. The second-order valence-electron chi connectivity index (χ2n) is 6.36. The van der Waals surface area contributed by atoms with E-state index in [9.17, 15) is 8.78 Å². The molecule has 26 heavy (non-hydrogen) atoms. The zero-order valence-corrected chi connectivity index (χ0v) is 15.5. The van der Waals surface area contributed by atoms with Crippen LogP contribution >= 0.6 is 12.2 Å². The molecule has 0 unspecified atom stereocenters.